The second-order valence-corrected chi connectivity index (χ2v) is 10.2. The van der Waals surface area contributed by atoms with Crippen molar-refractivity contribution >= 4 is 21.6 Å². The molecule has 31 heavy (non-hydrogen) atoms. The van der Waals surface area contributed by atoms with Gasteiger partial charge in [0.2, 0.25) is 15.9 Å². The van der Waals surface area contributed by atoms with Crippen molar-refractivity contribution in [3.05, 3.63) is 29.9 Å². The monoisotopic (exact) mass is 447 g/mol. The van der Waals surface area contributed by atoms with Gasteiger partial charge in [-0.1, -0.05) is 11.6 Å². The van der Waals surface area contributed by atoms with Crippen LogP contribution in [0.15, 0.2) is 27.6 Å². The molecule has 1 amide bonds. The van der Waals surface area contributed by atoms with Gasteiger partial charge in [-0.25, -0.2) is 8.42 Å². The standard InChI is InChI=1S/C20H25N5O5S/c1-23-7-9-24(10-8-23)31(27,28)15-5-6-17-16(11-15)25(19(26)13-29-17)12-18-21-20(30-22-18)14-3-2-4-14/h5-6,11,14H,2-4,7-10,12-13H2,1H3. The van der Waals surface area contributed by atoms with Crippen LogP contribution in [0.25, 0.3) is 0 Å². The molecule has 1 saturated carbocycles. The van der Waals surface area contributed by atoms with Gasteiger partial charge in [-0.2, -0.15) is 9.29 Å². The largest absolute Gasteiger partial charge is 0.482 e. The highest BCUT2D eigenvalue weighted by molar-refractivity contribution is 7.89. The van der Waals surface area contributed by atoms with Gasteiger partial charge in [0.25, 0.3) is 5.91 Å². The number of fused-ring (bicyclic) bond motifs is 1. The predicted octanol–water partition coefficient (Wildman–Crippen LogP) is 1.20. The minimum Gasteiger partial charge on any atom is -0.482 e. The molecule has 1 saturated heterocycles. The van der Waals surface area contributed by atoms with Crippen LogP contribution in [0.1, 0.15) is 36.9 Å². The number of rotatable bonds is 5. The number of ether oxygens (including phenoxy) is 1. The second-order valence-electron chi connectivity index (χ2n) is 8.28. The van der Waals surface area contributed by atoms with Gasteiger partial charge in [-0.3, -0.25) is 9.69 Å². The molecule has 1 aromatic heterocycles. The zero-order chi connectivity index (χ0) is 21.6. The van der Waals surface area contributed by atoms with E-state index >= 15 is 0 Å². The zero-order valence-corrected chi connectivity index (χ0v) is 18.2. The molecule has 1 aliphatic carbocycles. The quantitative estimate of drug-likeness (QED) is 0.673. The van der Waals surface area contributed by atoms with Gasteiger partial charge >= 0.3 is 0 Å². The summed E-state index contributed by atoms with van der Waals surface area (Å²) >= 11 is 0. The summed E-state index contributed by atoms with van der Waals surface area (Å²) in [5.41, 5.74) is 0.404. The van der Waals surface area contributed by atoms with Gasteiger partial charge in [-0.15, -0.1) is 0 Å². The van der Waals surface area contributed by atoms with Crippen molar-refractivity contribution < 1.29 is 22.5 Å². The number of carbonyl (C=O) groups excluding carboxylic acids is 1. The minimum atomic E-state index is -3.67. The molecule has 10 nitrogen and oxygen atoms in total. The molecule has 0 spiro atoms. The first-order valence-corrected chi connectivity index (χ1v) is 11.9. The Kier molecular flexibility index (Phi) is 5.19. The molecule has 3 aliphatic rings. The van der Waals surface area contributed by atoms with Crippen LogP contribution in [-0.4, -0.2) is 73.5 Å². The van der Waals surface area contributed by atoms with Gasteiger partial charge in [0.1, 0.15) is 5.75 Å². The Labute approximate surface area is 180 Å². The molecule has 2 aliphatic heterocycles. The summed E-state index contributed by atoms with van der Waals surface area (Å²) < 4.78 is 38.7. The van der Waals surface area contributed by atoms with E-state index in [0.29, 0.717) is 55.2 Å². The van der Waals surface area contributed by atoms with E-state index in [9.17, 15) is 13.2 Å². The van der Waals surface area contributed by atoms with Crippen LogP contribution in [0.4, 0.5) is 5.69 Å². The van der Waals surface area contributed by atoms with Crippen LogP contribution in [0, 0.1) is 0 Å². The van der Waals surface area contributed by atoms with Crippen LogP contribution in [-0.2, 0) is 21.4 Å². The van der Waals surface area contributed by atoms with E-state index in [4.69, 9.17) is 9.26 Å². The minimum absolute atomic E-state index is 0.101. The summed E-state index contributed by atoms with van der Waals surface area (Å²) in [4.78, 5) is 20.8. The third-order valence-corrected chi connectivity index (χ3v) is 8.11. The summed E-state index contributed by atoms with van der Waals surface area (Å²) in [6.07, 6.45) is 3.23. The number of piperazine rings is 1. The molecule has 2 fully saturated rings. The van der Waals surface area contributed by atoms with Crippen molar-refractivity contribution in [3.8, 4) is 5.75 Å². The number of benzene rings is 1. The van der Waals surface area contributed by atoms with Crippen molar-refractivity contribution in [2.24, 2.45) is 0 Å². The van der Waals surface area contributed by atoms with Gasteiger partial charge < -0.3 is 14.2 Å². The van der Waals surface area contributed by atoms with E-state index in [2.05, 4.69) is 15.0 Å². The summed E-state index contributed by atoms with van der Waals surface area (Å²) in [5.74, 6) is 1.48. The Hall–Kier alpha value is -2.50. The summed E-state index contributed by atoms with van der Waals surface area (Å²) in [6.45, 7) is 2.20. The lowest BCUT2D eigenvalue weighted by Gasteiger charge is -2.32. The molecule has 2 aromatic rings. The van der Waals surface area contributed by atoms with Crippen LogP contribution in [0.5, 0.6) is 5.75 Å². The first kappa shape index (κ1) is 20.4. The Balaban J connectivity index is 1.42. The highest BCUT2D eigenvalue weighted by Crippen LogP contribution is 2.37. The number of hydrogen-bond donors (Lipinski definition) is 0. The van der Waals surface area contributed by atoms with E-state index < -0.39 is 10.0 Å². The summed E-state index contributed by atoms with van der Waals surface area (Å²) in [5, 5.41) is 4.02. The molecule has 0 N–H and O–H groups in total. The average Bonchev–Trinajstić information content (AvgIpc) is 3.16. The zero-order valence-electron chi connectivity index (χ0n) is 17.4. The summed E-state index contributed by atoms with van der Waals surface area (Å²) in [7, 11) is -1.70. The number of likely N-dealkylation sites (N-methyl/N-ethyl adjacent to an activating group) is 1. The lowest BCUT2D eigenvalue weighted by molar-refractivity contribution is -0.121. The van der Waals surface area contributed by atoms with E-state index in [1.54, 1.807) is 6.07 Å². The fraction of sp³-hybridized carbons (Fsp3) is 0.550. The van der Waals surface area contributed by atoms with Crippen LogP contribution >= 0.6 is 0 Å². The molecule has 3 heterocycles. The molecule has 0 unspecified atom stereocenters. The molecule has 11 heteroatoms. The van der Waals surface area contributed by atoms with Crippen LogP contribution < -0.4 is 9.64 Å². The fourth-order valence-electron chi connectivity index (χ4n) is 3.99. The maximum atomic E-state index is 13.2. The molecule has 5 rings (SSSR count). The van der Waals surface area contributed by atoms with Crippen molar-refractivity contribution in [2.75, 3.05) is 44.7 Å². The van der Waals surface area contributed by atoms with Crippen molar-refractivity contribution in [3.63, 3.8) is 0 Å². The first-order valence-electron chi connectivity index (χ1n) is 10.5. The number of hydrogen-bond acceptors (Lipinski definition) is 8. The molecular formula is C20H25N5O5S. The van der Waals surface area contributed by atoms with E-state index in [0.717, 1.165) is 19.3 Å². The third kappa shape index (κ3) is 3.81. The highest BCUT2D eigenvalue weighted by atomic mass is 32.2. The van der Waals surface area contributed by atoms with Crippen LogP contribution in [0.3, 0.4) is 0 Å². The van der Waals surface area contributed by atoms with E-state index in [1.807, 2.05) is 7.05 Å². The van der Waals surface area contributed by atoms with E-state index in [-0.39, 0.29) is 24.0 Å². The first-order chi connectivity index (χ1) is 14.9. The molecular weight excluding hydrogens is 422 g/mol. The Morgan fingerprint density at radius 2 is 1.94 bits per heavy atom. The molecule has 0 atom stereocenters. The number of anilines is 1. The highest BCUT2D eigenvalue weighted by Gasteiger charge is 2.33. The smallest absolute Gasteiger partial charge is 0.265 e. The number of sulfonamides is 1. The maximum absolute atomic E-state index is 13.2. The number of aromatic nitrogens is 2. The topological polar surface area (TPSA) is 109 Å². The summed E-state index contributed by atoms with van der Waals surface area (Å²) in [6, 6.07) is 4.64. The molecule has 0 radical (unpaired) electrons. The normalized spacial score (nSPS) is 20.9. The second kappa shape index (κ2) is 7.88. The van der Waals surface area contributed by atoms with Crippen molar-refractivity contribution in [1.29, 1.82) is 0 Å². The number of carbonyl (C=O) groups is 1. The van der Waals surface area contributed by atoms with Crippen molar-refractivity contribution in [2.45, 2.75) is 36.6 Å². The molecule has 166 valence electrons. The fourth-order valence-corrected chi connectivity index (χ4v) is 5.43. The third-order valence-electron chi connectivity index (χ3n) is 6.21. The number of amides is 1. The van der Waals surface area contributed by atoms with E-state index in [1.165, 1.54) is 21.3 Å². The lowest BCUT2D eigenvalue weighted by atomic mass is 9.85. The van der Waals surface area contributed by atoms with Gasteiger partial charge in [0, 0.05) is 32.1 Å². The predicted molar refractivity (Wildman–Crippen MR) is 110 cm³/mol. The molecule has 1 aromatic carbocycles. The average molecular weight is 448 g/mol. The maximum Gasteiger partial charge on any atom is 0.265 e. The van der Waals surface area contributed by atoms with Gasteiger partial charge in [0.05, 0.1) is 17.1 Å². The Morgan fingerprint density at radius 3 is 2.65 bits per heavy atom. The number of nitrogens with zero attached hydrogens (tertiary/aromatic N) is 5. The lowest BCUT2D eigenvalue weighted by Crippen LogP contribution is -2.47. The SMILES string of the molecule is CN1CCN(S(=O)(=O)c2ccc3c(c2)N(Cc2noc(C4CCC4)n2)C(=O)CO3)CC1. The molecule has 0 bridgehead atoms. The Morgan fingerprint density at radius 1 is 1.16 bits per heavy atom. The van der Waals surface area contributed by atoms with Crippen LogP contribution in [0.2, 0.25) is 0 Å². The Bertz CT molecular complexity index is 1090. The van der Waals surface area contributed by atoms with Gasteiger partial charge in [0.15, 0.2) is 12.4 Å². The van der Waals surface area contributed by atoms with Crippen molar-refractivity contribution in [1.82, 2.24) is 19.3 Å². The van der Waals surface area contributed by atoms with Gasteiger partial charge in [-0.05, 0) is 38.1 Å².